The molecule has 3 aromatic carbocycles. The van der Waals surface area contributed by atoms with Crippen LogP contribution in [-0.4, -0.2) is 32.6 Å². The first-order valence-electron chi connectivity index (χ1n) is 10.8. The minimum atomic E-state index is -0.396. The van der Waals surface area contributed by atoms with Crippen LogP contribution in [0.4, 0.5) is 11.4 Å². The molecule has 0 spiro atoms. The van der Waals surface area contributed by atoms with Crippen LogP contribution in [0.1, 0.15) is 16.7 Å². The molecule has 0 saturated carbocycles. The molecule has 6 heteroatoms. The van der Waals surface area contributed by atoms with Gasteiger partial charge in [-0.05, 0) is 48.7 Å². The molecular weight excluding hydrogens is 416 g/mol. The van der Waals surface area contributed by atoms with E-state index >= 15 is 0 Å². The Balaban J connectivity index is 1.74. The molecule has 2 aliphatic heterocycles. The maximum absolute atomic E-state index is 14.0. The van der Waals surface area contributed by atoms with Gasteiger partial charge in [0.15, 0.2) is 0 Å². The first-order valence-corrected chi connectivity index (χ1v) is 10.8. The van der Waals surface area contributed by atoms with Crippen LogP contribution in [0.15, 0.2) is 72.4 Å². The van der Waals surface area contributed by atoms with E-state index in [0.29, 0.717) is 40.6 Å². The van der Waals surface area contributed by atoms with Crippen molar-refractivity contribution in [2.24, 2.45) is 0 Å². The van der Waals surface area contributed by atoms with Gasteiger partial charge in [0.25, 0.3) is 11.8 Å². The Kier molecular flexibility index (Phi) is 5.13. The van der Waals surface area contributed by atoms with Crippen molar-refractivity contribution >= 4 is 28.8 Å². The van der Waals surface area contributed by atoms with Crippen LogP contribution < -0.4 is 19.3 Å². The quantitative estimate of drug-likeness (QED) is 0.552. The molecule has 0 fully saturated rings. The van der Waals surface area contributed by atoms with Gasteiger partial charge in [-0.1, -0.05) is 42.5 Å². The number of methoxy groups -OCH3 is 2. The molecule has 3 aromatic rings. The molecule has 0 unspecified atom stereocenters. The Bertz CT molecular complexity index is 1310. The summed E-state index contributed by atoms with van der Waals surface area (Å²) in [6.07, 6.45) is 0.800. The highest BCUT2D eigenvalue weighted by Crippen LogP contribution is 2.43. The van der Waals surface area contributed by atoms with E-state index < -0.39 is 5.91 Å². The van der Waals surface area contributed by atoms with Crippen LogP contribution in [0, 0.1) is 6.92 Å². The molecule has 2 heterocycles. The van der Waals surface area contributed by atoms with E-state index in [9.17, 15) is 9.59 Å². The fourth-order valence-corrected chi connectivity index (χ4v) is 4.63. The number of imide groups is 1. The maximum atomic E-state index is 14.0. The van der Waals surface area contributed by atoms with Gasteiger partial charge in [-0.15, -0.1) is 0 Å². The van der Waals surface area contributed by atoms with Crippen molar-refractivity contribution < 1.29 is 19.1 Å². The predicted molar refractivity (Wildman–Crippen MR) is 128 cm³/mol. The third kappa shape index (κ3) is 3.26. The number of aryl methyl sites for hydroxylation is 1. The maximum Gasteiger partial charge on any atom is 0.282 e. The summed E-state index contributed by atoms with van der Waals surface area (Å²) >= 11 is 0. The molecule has 2 aliphatic rings. The monoisotopic (exact) mass is 440 g/mol. The standard InChI is InChI=1S/C27H24N2O4/c1-17-12-13-23(33-3)21(16-17)29-26(30)24(19-9-5-7-11-22(19)32-2)25(27(29)31)28-15-14-18-8-4-6-10-20(18)28/h4-13,16H,14-15H2,1-3H3. The minimum absolute atomic E-state index is 0.331. The van der Waals surface area contributed by atoms with Crippen molar-refractivity contribution in [1.82, 2.24) is 0 Å². The number of anilines is 2. The average molecular weight is 440 g/mol. The second-order valence-corrected chi connectivity index (χ2v) is 8.08. The molecule has 0 saturated heterocycles. The summed E-state index contributed by atoms with van der Waals surface area (Å²) in [4.78, 5) is 31.1. The largest absolute Gasteiger partial charge is 0.496 e. The lowest BCUT2D eigenvalue weighted by molar-refractivity contribution is -0.120. The summed E-state index contributed by atoms with van der Waals surface area (Å²) in [6.45, 7) is 2.53. The van der Waals surface area contributed by atoms with E-state index in [1.807, 2.05) is 54.3 Å². The van der Waals surface area contributed by atoms with Crippen LogP contribution in [0.3, 0.4) is 0 Å². The number of hydrogen-bond donors (Lipinski definition) is 0. The molecule has 6 nitrogen and oxygen atoms in total. The predicted octanol–water partition coefficient (Wildman–Crippen LogP) is 4.36. The number of nitrogens with zero attached hydrogens (tertiary/aromatic N) is 2. The van der Waals surface area contributed by atoms with Gasteiger partial charge in [0.2, 0.25) is 0 Å². The lowest BCUT2D eigenvalue weighted by Crippen LogP contribution is -2.35. The number of carbonyl (C=O) groups is 2. The zero-order valence-corrected chi connectivity index (χ0v) is 18.8. The zero-order chi connectivity index (χ0) is 23.1. The van der Waals surface area contributed by atoms with Gasteiger partial charge >= 0.3 is 0 Å². The SMILES string of the molecule is COc1ccccc1C1=C(N2CCc3ccccc32)C(=O)N(c2cc(C)ccc2OC)C1=O. The Morgan fingerprint density at radius 1 is 0.788 bits per heavy atom. The summed E-state index contributed by atoms with van der Waals surface area (Å²) < 4.78 is 11.1. The highest BCUT2D eigenvalue weighted by Gasteiger charge is 2.45. The van der Waals surface area contributed by atoms with Gasteiger partial charge in [0, 0.05) is 17.8 Å². The molecular formula is C27H24N2O4. The fraction of sp³-hybridized carbons (Fsp3) is 0.185. The number of fused-ring (bicyclic) bond motifs is 1. The van der Waals surface area contributed by atoms with Crippen LogP contribution in [0.5, 0.6) is 11.5 Å². The number of carbonyl (C=O) groups excluding carboxylic acids is 2. The van der Waals surface area contributed by atoms with Crippen molar-refractivity contribution in [1.29, 1.82) is 0 Å². The third-order valence-electron chi connectivity index (χ3n) is 6.17. The Morgan fingerprint density at radius 3 is 2.30 bits per heavy atom. The van der Waals surface area contributed by atoms with Gasteiger partial charge < -0.3 is 14.4 Å². The molecule has 33 heavy (non-hydrogen) atoms. The van der Waals surface area contributed by atoms with E-state index in [-0.39, 0.29) is 5.91 Å². The minimum Gasteiger partial charge on any atom is -0.496 e. The van der Waals surface area contributed by atoms with Crippen LogP contribution in [0.2, 0.25) is 0 Å². The lowest BCUT2D eigenvalue weighted by atomic mass is 10.0. The number of hydrogen-bond acceptors (Lipinski definition) is 5. The highest BCUT2D eigenvalue weighted by molar-refractivity contribution is 6.47. The van der Waals surface area contributed by atoms with E-state index in [1.165, 1.54) is 12.0 Å². The number of amides is 2. The molecule has 0 aliphatic carbocycles. The molecule has 0 bridgehead atoms. The molecule has 0 N–H and O–H groups in total. The highest BCUT2D eigenvalue weighted by atomic mass is 16.5. The van der Waals surface area contributed by atoms with E-state index in [2.05, 4.69) is 6.07 Å². The molecule has 0 radical (unpaired) electrons. The van der Waals surface area contributed by atoms with Gasteiger partial charge in [0.05, 0.1) is 25.5 Å². The number of ether oxygens (including phenoxy) is 2. The molecule has 2 amide bonds. The van der Waals surface area contributed by atoms with Crippen LogP contribution in [-0.2, 0) is 16.0 Å². The Morgan fingerprint density at radius 2 is 1.52 bits per heavy atom. The topological polar surface area (TPSA) is 59.1 Å². The van der Waals surface area contributed by atoms with Crippen molar-refractivity contribution in [2.45, 2.75) is 13.3 Å². The normalized spacial score (nSPS) is 15.4. The number of para-hydroxylation sites is 2. The summed E-state index contributed by atoms with van der Waals surface area (Å²) in [5.74, 6) is 0.232. The van der Waals surface area contributed by atoms with Crippen molar-refractivity contribution in [3.05, 3.63) is 89.1 Å². The fourth-order valence-electron chi connectivity index (χ4n) is 4.63. The second kappa shape index (κ2) is 8.13. The van der Waals surface area contributed by atoms with E-state index in [1.54, 1.807) is 25.3 Å². The van der Waals surface area contributed by atoms with Crippen LogP contribution >= 0.6 is 0 Å². The third-order valence-corrected chi connectivity index (χ3v) is 6.17. The molecule has 5 rings (SSSR count). The van der Waals surface area contributed by atoms with Gasteiger partial charge in [-0.3, -0.25) is 9.59 Å². The van der Waals surface area contributed by atoms with E-state index in [4.69, 9.17) is 9.47 Å². The Hall–Kier alpha value is -4.06. The summed E-state index contributed by atoms with van der Waals surface area (Å²) in [6, 6.07) is 20.7. The number of benzene rings is 3. The molecule has 0 aromatic heterocycles. The lowest BCUT2D eigenvalue weighted by Gasteiger charge is -2.22. The summed E-state index contributed by atoms with van der Waals surface area (Å²) in [5, 5.41) is 0. The van der Waals surface area contributed by atoms with E-state index in [0.717, 1.165) is 23.2 Å². The second-order valence-electron chi connectivity index (χ2n) is 8.08. The van der Waals surface area contributed by atoms with Crippen molar-refractivity contribution in [2.75, 3.05) is 30.6 Å². The van der Waals surface area contributed by atoms with Gasteiger partial charge in [-0.2, -0.15) is 0 Å². The molecule has 0 atom stereocenters. The zero-order valence-electron chi connectivity index (χ0n) is 18.8. The van der Waals surface area contributed by atoms with Gasteiger partial charge in [-0.25, -0.2) is 4.90 Å². The van der Waals surface area contributed by atoms with Crippen molar-refractivity contribution in [3.63, 3.8) is 0 Å². The average Bonchev–Trinajstić information content (AvgIpc) is 3.36. The van der Waals surface area contributed by atoms with Crippen LogP contribution in [0.25, 0.3) is 5.57 Å². The first-order chi connectivity index (χ1) is 16.0. The Labute approximate surface area is 192 Å². The number of rotatable bonds is 5. The van der Waals surface area contributed by atoms with Crippen molar-refractivity contribution in [3.8, 4) is 11.5 Å². The summed E-state index contributed by atoms with van der Waals surface area (Å²) in [7, 11) is 3.10. The molecule has 166 valence electrons. The van der Waals surface area contributed by atoms with Gasteiger partial charge in [0.1, 0.15) is 17.2 Å². The first kappa shape index (κ1) is 20.8. The smallest absolute Gasteiger partial charge is 0.282 e. The summed E-state index contributed by atoms with van der Waals surface area (Å²) in [5.41, 5.74) is 4.73.